The lowest BCUT2D eigenvalue weighted by Crippen LogP contribution is -2.38. The standard InChI is InChI=1S/C20H21N9O/c1-13-18(14-4-8-21-9-5-14)25-26-19(13)23-20(30)15-6-10-28(11-7-15)17-3-2-16-24-22-12-29(16)27-17/h2-5,8-9,12,15H,6-7,10-11H2,1H3,(H2,23,25,26,30). The van der Waals surface area contributed by atoms with Crippen LogP contribution in [-0.4, -0.2) is 54.0 Å². The third kappa shape index (κ3) is 3.36. The zero-order chi connectivity index (χ0) is 20.5. The molecule has 5 heterocycles. The third-order valence-corrected chi connectivity index (χ3v) is 5.56. The summed E-state index contributed by atoms with van der Waals surface area (Å²) in [6, 6.07) is 7.66. The van der Waals surface area contributed by atoms with Crippen LogP contribution in [0.2, 0.25) is 0 Å². The Morgan fingerprint density at radius 1 is 1.17 bits per heavy atom. The van der Waals surface area contributed by atoms with Gasteiger partial charge in [0.05, 0.1) is 5.69 Å². The summed E-state index contributed by atoms with van der Waals surface area (Å²) < 4.78 is 1.66. The Labute approximate surface area is 172 Å². The molecule has 0 aromatic carbocycles. The van der Waals surface area contributed by atoms with Crippen LogP contribution < -0.4 is 10.2 Å². The molecule has 0 aliphatic carbocycles. The predicted octanol–water partition coefficient (Wildman–Crippen LogP) is 2.07. The Balaban J connectivity index is 1.22. The maximum Gasteiger partial charge on any atom is 0.228 e. The summed E-state index contributed by atoms with van der Waals surface area (Å²) in [6.45, 7) is 3.48. The minimum Gasteiger partial charge on any atom is -0.355 e. The summed E-state index contributed by atoms with van der Waals surface area (Å²) >= 11 is 0. The van der Waals surface area contributed by atoms with Crippen LogP contribution in [0.5, 0.6) is 0 Å². The average Bonchev–Trinajstić information content (AvgIpc) is 3.40. The van der Waals surface area contributed by atoms with Gasteiger partial charge in [-0.2, -0.15) is 9.61 Å². The molecule has 30 heavy (non-hydrogen) atoms. The van der Waals surface area contributed by atoms with E-state index in [-0.39, 0.29) is 11.8 Å². The Morgan fingerprint density at radius 2 is 1.97 bits per heavy atom. The van der Waals surface area contributed by atoms with E-state index in [0.717, 1.165) is 48.6 Å². The van der Waals surface area contributed by atoms with E-state index in [1.165, 1.54) is 0 Å². The second-order valence-electron chi connectivity index (χ2n) is 7.38. The first kappa shape index (κ1) is 18.2. The maximum absolute atomic E-state index is 12.8. The molecule has 0 bridgehead atoms. The largest absolute Gasteiger partial charge is 0.355 e. The number of carbonyl (C=O) groups excluding carboxylic acids is 1. The summed E-state index contributed by atoms with van der Waals surface area (Å²) in [5.41, 5.74) is 3.51. The van der Waals surface area contributed by atoms with Gasteiger partial charge in [-0.25, -0.2) is 0 Å². The SMILES string of the molecule is Cc1c(NC(=O)C2CCN(c3ccc4nncn4n3)CC2)n[nH]c1-c1ccncc1. The molecule has 1 saturated heterocycles. The number of pyridine rings is 1. The Hall–Kier alpha value is -3.82. The lowest BCUT2D eigenvalue weighted by molar-refractivity contribution is -0.120. The number of rotatable bonds is 4. The number of nitrogens with zero attached hydrogens (tertiary/aromatic N) is 7. The molecule has 1 fully saturated rings. The lowest BCUT2D eigenvalue weighted by Gasteiger charge is -2.31. The molecular formula is C20H21N9O. The van der Waals surface area contributed by atoms with Gasteiger partial charge in [0.15, 0.2) is 11.5 Å². The van der Waals surface area contributed by atoms with Crippen molar-refractivity contribution in [2.24, 2.45) is 5.92 Å². The highest BCUT2D eigenvalue weighted by Crippen LogP contribution is 2.27. The van der Waals surface area contributed by atoms with Crippen LogP contribution in [0.15, 0.2) is 43.0 Å². The fraction of sp³-hybridized carbons (Fsp3) is 0.300. The van der Waals surface area contributed by atoms with E-state index in [4.69, 9.17) is 0 Å². The second kappa shape index (κ2) is 7.54. The number of anilines is 2. The van der Waals surface area contributed by atoms with Gasteiger partial charge in [0.1, 0.15) is 12.1 Å². The van der Waals surface area contributed by atoms with Crippen molar-refractivity contribution in [1.29, 1.82) is 0 Å². The number of carbonyl (C=O) groups is 1. The summed E-state index contributed by atoms with van der Waals surface area (Å²) in [5, 5.41) is 22.7. The Bertz CT molecular complexity index is 1180. The van der Waals surface area contributed by atoms with Crippen molar-refractivity contribution in [1.82, 2.24) is 35.0 Å². The summed E-state index contributed by atoms with van der Waals surface area (Å²) in [4.78, 5) is 19.0. The van der Waals surface area contributed by atoms with Crippen LogP contribution in [0.25, 0.3) is 16.9 Å². The van der Waals surface area contributed by atoms with E-state index in [2.05, 4.69) is 40.7 Å². The second-order valence-corrected chi connectivity index (χ2v) is 7.38. The van der Waals surface area contributed by atoms with Gasteiger partial charge in [0.25, 0.3) is 0 Å². The Kier molecular flexibility index (Phi) is 4.58. The molecule has 4 aromatic heterocycles. The van der Waals surface area contributed by atoms with Crippen molar-refractivity contribution in [3.05, 3.63) is 48.5 Å². The number of hydrogen-bond acceptors (Lipinski definition) is 7. The van der Waals surface area contributed by atoms with Gasteiger partial charge in [-0.15, -0.1) is 15.3 Å². The molecule has 1 amide bonds. The van der Waals surface area contributed by atoms with Crippen molar-refractivity contribution in [2.75, 3.05) is 23.3 Å². The zero-order valence-corrected chi connectivity index (χ0v) is 16.5. The lowest BCUT2D eigenvalue weighted by atomic mass is 9.96. The molecule has 0 saturated carbocycles. The number of aromatic amines is 1. The molecule has 10 heteroatoms. The van der Waals surface area contributed by atoms with Crippen molar-refractivity contribution in [3.63, 3.8) is 0 Å². The molecular weight excluding hydrogens is 382 g/mol. The molecule has 152 valence electrons. The van der Waals surface area contributed by atoms with Crippen molar-refractivity contribution >= 4 is 23.2 Å². The summed E-state index contributed by atoms with van der Waals surface area (Å²) in [5.74, 6) is 1.40. The fourth-order valence-electron chi connectivity index (χ4n) is 3.80. The highest BCUT2D eigenvalue weighted by Gasteiger charge is 2.27. The van der Waals surface area contributed by atoms with Gasteiger partial charge in [-0.3, -0.25) is 14.9 Å². The number of fused-ring (bicyclic) bond motifs is 1. The first-order chi connectivity index (χ1) is 14.7. The molecule has 4 aromatic rings. The van der Waals surface area contributed by atoms with Crippen LogP contribution in [0.3, 0.4) is 0 Å². The molecule has 5 rings (SSSR count). The van der Waals surface area contributed by atoms with Crippen LogP contribution in [0.1, 0.15) is 18.4 Å². The van der Waals surface area contributed by atoms with Crippen molar-refractivity contribution in [3.8, 4) is 11.3 Å². The Morgan fingerprint density at radius 3 is 2.77 bits per heavy atom. The molecule has 0 spiro atoms. The minimum atomic E-state index is -0.0552. The molecule has 1 aliphatic heterocycles. The molecule has 1 aliphatic rings. The molecule has 10 nitrogen and oxygen atoms in total. The summed E-state index contributed by atoms with van der Waals surface area (Å²) in [6.07, 6.45) is 6.57. The minimum absolute atomic E-state index is 0.00718. The summed E-state index contributed by atoms with van der Waals surface area (Å²) in [7, 11) is 0. The number of nitrogens with one attached hydrogen (secondary N) is 2. The van der Waals surface area contributed by atoms with Gasteiger partial charge in [-0.1, -0.05) is 0 Å². The van der Waals surface area contributed by atoms with E-state index in [1.54, 1.807) is 23.2 Å². The molecule has 0 unspecified atom stereocenters. The number of piperidine rings is 1. The first-order valence-electron chi connectivity index (χ1n) is 9.87. The zero-order valence-electron chi connectivity index (χ0n) is 16.5. The van der Waals surface area contributed by atoms with Gasteiger partial charge >= 0.3 is 0 Å². The highest BCUT2D eigenvalue weighted by atomic mass is 16.2. The third-order valence-electron chi connectivity index (χ3n) is 5.56. The smallest absolute Gasteiger partial charge is 0.228 e. The van der Waals surface area contributed by atoms with Crippen LogP contribution >= 0.6 is 0 Å². The van der Waals surface area contributed by atoms with Crippen LogP contribution in [0, 0.1) is 12.8 Å². The van der Waals surface area contributed by atoms with Gasteiger partial charge < -0.3 is 10.2 Å². The van der Waals surface area contributed by atoms with E-state index in [9.17, 15) is 4.79 Å². The van der Waals surface area contributed by atoms with Crippen molar-refractivity contribution in [2.45, 2.75) is 19.8 Å². The van der Waals surface area contributed by atoms with E-state index >= 15 is 0 Å². The molecule has 2 N–H and O–H groups in total. The van der Waals surface area contributed by atoms with E-state index in [0.29, 0.717) is 11.5 Å². The predicted molar refractivity (Wildman–Crippen MR) is 111 cm³/mol. The first-order valence-corrected chi connectivity index (χ1v) is 9.87. The number of aromatic nitrogens is 7. The number of amides is 1. The fourth-order valence-corrected chi connectivity index (χ4v) is 3.80. The average molecular weight is 403 g/mol. The van der Waals surface area contributed by atoms with Gasteiger partial charge in [-0.05, 0) is 44.0 Å². The highest BCUT2D eigenvalue weighted by molar-refractivity contribution is 5.93. The normalized spacial score (nSPS) is 14.9. The van der Waals surface area contributed by atoms with E-state index < -0.39 is 0 Å². The van der Waals surface area contributed by atoms with Crippen LogP contribution in [0.4, 0.5) is 11.6 Å². The maximum atomic E-state index is 12.8. The number of hydrogen-bond donors (Lipinski definition) is 2. The van der Waals surface area contributed by atoms with Crippen LogP contribution in [-0.2, 0) is 4.79 Å². The van der Waals surface area contributed by atoms with Gasteiger partial charge in [0, 0.05) is 42.5 Å². The topological polar surface area (TPSA) is 117 Å². The van der Waals surface area contributed by atoms with Crippen molar-refractivity contribution < 1.29 is 4.79 Å². The monoisotopic (exact) mass is 403 g/mol. The molecule has 0 radical (unpaired) electrons. The number of H-pyrrole nitrogens is 1. The van der Waals surface area contributed by atoms with Gasteiger partial charge in [0.2, 0.25) is 5.91 Å². The molecule has 0 atom stereocenters. The quantitative estimate of drug-likeness (QED) is 0.536. The van der Waals surface area contributed by atoms with E-state index in [1.807, 2.05) is 31.2 Å².